The monoisotopic (exact) mass is 292 g/mol. The highest BCUT2D eigenvalue weighted by atomic mass is 16.3. The number of nitrogens with zero attached hydrogens (tertiary/aromatic N) is 3. The molecule has 2 rings (SSSR count). The molecular weight excluding hydrogens is 268 g/mol. The molecule has 116 valence electrons. The predicted molar refractivity (Wildman–Crippen MR) is 80.9 cm³/mol. The molecule has 1 amide bonds. The number of hydrogen-bond acceptors (Lipinski definition) is 5. The van der Waals surface area contributed by atoms with Gasteiger partial charge in [0.05, 0.1) is 12.3 Å². The summed E-state index contributed by atoms with van der Waals surface area (Å²) in [5.41, 5.74) is 0.951. The van der Waals surface area contributed by atoms with Crippen molar-refractivity contribution >= 4 is 11.7 Å². The molecule has 2 N–H and O–H groups in total. The molecule has 0 bridgehead atoms. The summed E-state index contributed by atoms with van der Waals surface area (Å²) in [5, 5.41) is 12.0. The van der Waals surface area contributed by atoms with Crippen LogP contribution in [0.2, 0.25) is 0 Å². The SMILES string of the molecule is CC(=O)N1CCCC(Cc2nccnc2NCCO)CC1. The maximum atomic E-state index is 11.5. The van der Waals surface area contributed by atoms with E-state index in [1.807, 2.05) is 4.90 Å². The third-order valence-corrected chi connectivity index (χ3v) is 3.95. The summed E-state index contributed by atoms with van der Waals surface area (Å²) in [6.07, 6.45) is 7.40. The van der Waals surface area contributed by atoms with Crippen LogP contribution in [0.25, 0.3) is 0 Å². The highest BCUT2D eigenvalue weighted by molar-refractivity contribution is 5.73. The normalized spacial score (nSPS) is 19.1. The van der Waals surface area contributed by atoms with E-state index in [2.05, 4.69) is 15.3 Å². The molecule has 1 fully saturated rings. The molecule has 0 saturated carbocycles. The molecule has 0 radical (unpaired) electrons. The van der Waals surface area contributed by atoms with E-state index in [-0.39, 0.29) is 12.5 Å². The number of rotatable bonds is 5. The quantitative estimate of drug-likeness (QED) is 0.849. The van der Waals surface area contributed by atoms with Gasteiger partial charge in [-0.05, 0) is 31.6 Å². The van der Waals surface area contributed by atoms with Gasteiger partial charge in [0.1, 0.15) is 5.82 Å². The Morgan fingerprint density at radius 2 is 2.19 bits per heavy atom. The molecule has 0 aliphatic carbocycles. The lowest BCUT2D eigenvalue weighted by Crippen LogP contribution is -2.29. The summed E-state index contributed by atoms with van der Waals surface area (Å²) in [5.74, 6) is 1.46. The van der Waals surface area contributed by atoms with Crippen LogP contribution >= 0.6 is 0 Å². The van der Waals surface area contributed by atoms with Crippen molar-refractivity contribution in [3.05, 3.63) is 18.1 Å². The van der Waals surface area contributed by atoms with Crippen LogP contribution in [0.5, 0.6) is 0 Å². The van der Waals surface area contributed by atoms with Crippen molar-refractivity contribution in [2.45, 2.75) is 32.6 Å². The molecule has 21 heavy (non-hydrogen) atoms. The Labute approximate surface area is 125 Å². The fraction of sp³-hybridized carbons (Fsp3) is 0.667. The molecule has 1 saturated heterocycles. The van der Waals surface area contributed by atoms with Crippen molar-refractivity contribution in [3.63, 3.8) is 0 Å². The number of aromatic nitrogens is 2. The first kappa shape index (κ1) is 15.7. The van der Waals surface area contributed by atoms with E-state index in [1.165, 1.54) is 0 Å². The first-order valence-electron chi connectivity index (χ1n) is 7.61. The Bertz CT molecular complexity index is 467. The van der Waals surface area contributed by atoms with E-state index in [0.29, 0.717) is 12.5 Å². The Morgan fingerprint density at radius 1 is 1.38 bits per heavy atom. The van der Waals surface area contributed by atoms with Gasteiger partial charge in [-0.25, -0.2) is 4.98 Å². The Hall–Kier alpha value is -1.69. The lowest BCUT2D eigenvalue weighted by Gasteiger charge is -2.18. The number of aliphatic hydroxyl groups excluding tert-OH is 1. The average molecular weight is 292 g/mol. The number of likely N-dealkylation sites (tertiary alicyclic amines) is 1. The van der Waals surface area contributed by atoms with Crippen LogP contribution in [-0.2, 0) is 11.2 Å². The summed E-state index contributed by atoms with van der Waals surface area (Å²) in [4.78, 5) is 22.1. The number of carbonyl (C=O) groups excluding carboxylic acids is 1. The van der Waals surface area contributed by atoms with E-state index >= 15 is 0 Å². The zero-order chi connectivity index (χ0) is 15.1. The van der Waals surface area contributed by atoms with Crippen LogP contribution in [0.15, 0.2) is 12.4 Å². The first-order valence-corrected chi connectivity index (χ1v) is 7.61. The highest BCUT2D eigenvalue weighted by Gasteiger charge is 2.20. The van der Waals surface area contributed by atoms with Gasteiger partial charge in [-0.3, -0.25) is 9.78 Å². The Balaban J connectivity index is 1.96. The summed E-state index contributed by atoms with van der Waals surface area (Å²) in [6, 6.07) is 0. The number of carbonyl (C=O) groups is 1. The van der Waals surface area contributed by atoms with Crippen LogP contribution in [0.4, 0.5) is 5.82 Å². The Morgan fingerprint density at radius 3 is 2.95 bits per heavy atom. The van der Waals surface area contributed by atoms with Crippen molar-refractivity contribution < 1.29 is 9.90 Å². The zero-order valence-corrected chi connectivity index (χ0v) is 12.6. The molecule has 0 aromatic carbocycles. The summed E-state index contributed by atoms with van der Waals surface area (Å²) < 4.78 is 0. The minimum atomic E-state index is 0.0764. The molecule has 1 aliphatic rings. The van der Waals surface area contributed by atoms with Gasteiger partial charge in [0.25, 0.3) is 0 Å². The summed E-state index contributed by atoms with van der Waals surface area (Å²) >= 11 is 0. The number of nitrogens with one attached hydrogen (secondary N) is 1. The van der Waals surface area contributed by atoms with Crippen molar-refractivity contribution in [1.82, 2.24) is 14.9 Å². The second-order valence-electron chi connectivity index (χ2n) is 5.51. The van der Waals surface area contributed by atoms with Crippen LogP contribution < -0.4 is 5.32 Å². The van der Waals surface area contributed by atoms with Gasteiger partial charge in [0, 0.05) is 39.0 Å². The number of hydrogen-bond donors (Lipinski definition) is 2. The van der Waals surface area contributed by atoms with Gasteiger partial charge >= 0.3 is 0 Å². The highest BCUT2D eigenvalue weighted by Crippen LogP contribution is 2.23. The fourth-order valence-corrected chi connectivity index (χ4v) is 2.80. The molecule has 1 aromatic rings. The molecule has 1 aromatic heterocycles. The van der Waals surface area contributed by atoms with Gasteiger partial charge < -0.3 is 15.3 Å². The van der Waals surface area contributed by atoms with E-state index < -0.39 is 0 Å². The second-order valence-corrected chi connectivity index (χ2v) is 5.51. The molecule has 1 atom stereocenters. The standard InChI is InChI=1S/C15H24N4O2/c1-12(21)19-8-2-3-13(4-9-19)11-14-15(18-7-10-20)17-6-5-16-14/h5-6,13,20H,2-4,7-11H2,1H3,(H,17,18). The molecule has 6 heteroatoms. The molecule has 1 unspecified atom stereocenters. The lowest BCUT2D eigenvalue weighted by atomic mass is 9.95. The van der Waals surface area contributed by atoms with E-state index in [0.717, 1.165) is 50.3 Å². The predicted octanol–water partition coefficient (Wildman–Crippen LogP) is 1.07. The number of anilines is 1. The van der Waals surface area contributed by atoms with Crippen LogP contribution in [0.1, 0.15) is 31.9 Å². The van der Waals surface area contributed by atoms with Crippen LogP contribution in [0, 0.1) is 5.92 Å². The minimum absolute atomic E-state index is 0.0764. The van der Waals surface area contributed by atoms with Gasteiger partial charge in [0.15, 0.2) is 0 Å². The van der Waals surface area contributed by atoms with Crippen molar-refractivity contribution in [3.8, 4) is 0 Å². The van der Waals surface area contributed by atoms with Gasteiger partial charge in [-0.2, -0.15) is 0 Å². The van der Waals surface area contributed by atoms with Crippen molar-refractivity contribution in [1.29, 1.82) is 0 Å². The molecule has 1 aliphatic heterocycles. The van der Waals surface area contributed by atoms with Gasteiger partial charge in [-0.1, -0.05) is 0 Å². The fourth-order valence-electron chi connectivity index (χ4n) is 2.80. The van der Waals surface area contributed by atoms with Gasteiger partial charge in [-0.15, -0.1) is 0 Å². The van der Waals surface area contributed by atoms with Crippen molar-refractivity contribution in [2.24, 2.45) is 5.92 Å². The van der Waals surface area contributed by atoms with Crippen molar-refractivity contribution in [2.75, 3.05) is 31.6 Å². The molecular formula is C15H24N4O2. The third-order valence-electron chi connectivity index (χ3n) is 3.95. The van der Waals surface area contributed by atoms with Crippen LogP contribution in [0.3, 0.4) is 0 Å². The molecule has 6 nitrogen and oxygen atoms in total. The topological polar surface area (TPSA) is 78.4 Å². The van der Waals surface area contributed by atoms with E-state index in [9.17, 15) is 4.79 Å². The van der Waals surface area contributed by atoms with Crippen LogP contribution in [-0.4, -0.2) is 52.1 Å². The Kier molecular flexibility index (Phi) is 5.92. The average Bonchev–Trinajstić information content (AvgIpc) is 2.72. The largest absolute Gasteiger partial charge is 0.395 e. The smallest absolute Gasteiger partial charge is 0.219 e. The molecule has 0 spiro atoms. The summed E-state index contributed by atoms with van der Waals surface area (Å²) in [6.45, 7) is 3.89. The van der Waals surface area contributed by atoms with E-state index in [4.69, 9.17) is 5.11 Å². The van der Waals surface area contributed by atoms with E-state index in [1.54, 1.807) is 19.3 Å². The summed E-state index contributed by atoms with van der Waals surface area (Å²) in [7, 11) is 0. The minimum Gasteiger partial charge on any atom is -0.395 e. The lowest BCUT2D eigenvalue weighted by molar-refractivity contribution is -0.128. The number of aliphatic hydroxyl groups is 1. The van der Waals surface area contributed by atoms with Gasteiger partial charge in [0.2, 0.25) is 5.91 Å². The maximum Gasteiger partial charge on any atom is 0.219 e. The molecule has 2 heterocycles. The number of amides is 1. The maximum absolute atomic E-state index is 11.5. The zero-order valence-electron chi connectivity index (χ0n) is 12.6. The second kappa shape index (κ2) is 7.93. The first-order chi connectivity index (χ1) is 10.2. The third kappa shape index (κ3) is 4.67.